The van der Waals surface area contributed by atoms with Crippen LogP contribution in [0.25, 0.3) is 10.9 Å². The van der Waals surface area contributed by atoms with E-state index in [2.05, 4.69) is 5.32 Å². The van der Waals surface area contributed by atoms with Gasteiger partial charge in [-0.3, -0.25) is 9.69 Å². The van der Waals surface area contributed by atoms with E-state index in [1.807, 2.05) is 24.3 Å². The van der Waals surface area contributed by atoms with Crippen molar-refractivity contribution in [3.8, 4) is 11.6 Å². The Morgan fingerprint density at radius 3 is 2.48 bits per heavy atom. The highest BCUT2D eigenvalue weighted by molar-refractivity contribution is 5.91. The second kappa shape index (κ2) is 14.4. The Hall–Kier alpha value is -3.81. The molecule has 14 heteroatoms. The number of hydrogen-bond donors (Lipinski definition) is 2. The Bertz CT molecular complexity index is 1570. The monoisotopic (exact) mass is 704 g/mol. The Kier molecular flexibility index (Phi) is 10.4. The average molecular weight is 705 g/mol. The molecule has 2 N–H and O–H groups in total. The number of carboxylic acids is 1. The quantitative estimate of drug-likeness (QED) is 0.411. The summed E-state index contributed by atoms with van der Waals surface area (Å²) in [4.78, 5) is 47.0. The van der Waals surface area contributed by atoms with E-state index in [1.165, 1.54) is 9.80 Å². The number of alkyl halides is 3. The fourth-order valence-electron chi connectivity index (χ4n) is 7.43. The van der Waals surface area contributed by atoms with Gasteiger partial charge in [0.1, 0.15) is 36.1 Å². The van der Waals surface area contributed by atoms with Gasteiger partial charge in [0.2, 0.25) is 11.8 Å². The predicted molar refractivity (Wildman–Crippen MR) is 177 cm³/mol. The van der Waals surface area contributed by atoms with E-state index >= 15 is 0 Å². The van der Waals surface area contributed by atoms with E-state index in [-0.39, 0.29) is 44.2 Å². The van der Waals surface area contributed by atoms with Crippen molar-refractivity contribution in [2.75, 3.05) is 26.2 Å². The fourth-order valence-corrected chi connectivity index (χ4v) is 7.43. The molecule has 0 unspecified atom stereocenters. The number of hydrogen-bond acceptors (Lipinski definition) is 8. The molecule has 2 aromatic rings. The number of aromatic nitrogens is 1. The number of benzene rings is 1. The Morgan fingerprint density at radius 1 is 1.04 bits per heavy atom. The third kappa shape index (κ3) is 8.55. The molecule has 1 aliphatic carbocycles. The summed E-state index contributed by atoms with van der Waals surface area (Å²) in [5.41, 5.74) is 0.588. The zero-order chi connectivity index (χ0) is 35.8. The molecule has 1 saturated carbocycles. The van der Waals surface area contributed by atoms with E-state index in [0.717, 1.165) is 43.1 Å². The summed E-state index contributed by atoms with van der Waals surface area (Å²) in [5, 5.41) is 13.7. The molecule has 50 heavy (non-hydrogen) atoms. The number of para-hydroxylation sites is 1. The molecule has 5 atom stereocenters. The highest BCUT2D eigenvalue weighted by Crippen LogP contribution is 2.41. The number of nitrogens with one attached hydrogen (secondary N) is 1. The molecule has 4 heterocycles. The number of alkyl carbamates (subject to hydrolysis) is 1. The summed E-state index contributed by atoms with van der Waals surface area (Å²) >= 11 is 0. The molecule has 274 valence electrons. The third-order valence-electron chi connectivity index (χ3n) is 10.2. The Labute approximate surface area is 289 Å². The number of carbonyl (C=O) groups excluding carboxylic acids is 2. The number of nitrogens with zero attached hydrogens (tertiary/aromatic N) is 3. The number of carboxylic acid groups (broad SMARTS) is 1. The van der Waals surface area contributed by atoms with Crippen molar-refractivity contribution in [1.82, 2.24) is 20.1 Å². The number of carbonyl (C=O) groups is 3. The number of halogens is 3. The van der Waals surface area contributed by atoms with Crippen LogP contribution in [0.4, 0.5) is 18.0 Å². The maximum Gasteiger partial charge on any atom is 0.408 e. The smallest absolute Gasteiger partial charge is 0.408 e. The average Bonchev–Trinajstić information content (AvgIpc) is 3.62. The minimum absolute atomic E-state index is 0.00788. The van der Waals surface area contributed by atoms with E-state index < -0.39 is 54.3 Å². The molecule has 3 aliphatic heterocycles. The number of piperidine rings is 1. The minimum atomic E-state index is -4.26. The number of fused-ring (bicyclic) bond motifs is 5. The van der Waals surface area contributed by atoms with Gasteiger partial charge in [-0.15, -0.1) is 0 Å². The highest BCUT2D eigenvalue weighted by Gasteiger charge is 2.47. The number of ether oxygens (including phenoxy) is 3. The van der Waals surface area contributed by atoms with Crippen molar-refractivity contribution in [2.45, 2.75) is 115 Å². The summed E-state index contributed by atoms with van der Waals surface area (Å²) in [6, 6.07) is 5.24. The number of amides is 2. The lowest BCUT2D eigenvalue weighted by atomic mass is 9.85. The van der Waals surface area contributed by atoms with Gasteiger partial charge in [-0.1, -0.05) is 45.7 Å². The van der Waals surface area contributed by atoms with Crippen molar-refractivity contribution < 1.29 is 46.9 Å². The zero-order valence-corrected chi connectivity index (χ0v) is 28.8. The topological polar surface area (TPSA) is 131 Å². The second-order valence-corrected chi connectivity index (χ2v) is 15.3. The van der Waals surface area contributed by atoms with Crippen LogP contribution in [0.2, 0.25) is 0 Å². The number of pyridine rings is 1. The molecule has 2 amide bonds. The SMILES string of the molecule is CC(C)(C)[C@@H]1NC(=O)O[C@@H]2C[C@H]2CCCCCc2c(nc3ccccc3c2OC2CCN(CC(F)(F)F)CC2)O[C@@H]2C[C@@H](C(=O)O)N(C2)C1=O. The van der Waals surface area contributed by atoms with Crippen molar-refractivity contribution in [1.29, 1.82) is 0 Å². The van der Waals surface area contributed by atoms with E-state index in [9.17, 15) is 32.7 Å². The molecule has 0 radical (unpaired) electrons. The summed E-state index contributed by atoms with van der Waals surface area (Å²) < 4.78 is 58.1. The molecular formula is C36H47F3N4O7. The van der Waals surface area contributed by atoms with Crippen molar-refractivity contribution in [2.24, 2.45) is 11.3 Å². The van der Waals surface area contributed by atoms with Gasteiger partial charge in [0, 0.05) is 24.9 Å². The van der Waals surface area contributed by atoms with Crippen LogP contribution in [0.3, 0.4) is 0 Å². The first kappa shape index (κ1) is 36.0. The summed E-state index contributed by atoms with van der Waals surface area (Å²) in [7, 11) is 0. The summed E-state index contributed by atoms with van der Waals surface area (Å²) in [5.74, 6) is -0.592. The highest BCUT2D eigenvalue weighted by atomic mass is 19.4. The Balaban J connectivity index is 1.32. The zero-order valence-electron chi connectivity index (χ0n) is 28.8. The second-order valence-electron chi connectivity index (χ2n) is 15.3. The maximum atomic E-state index is 14.0. The Morgan fingerprint density at radius 2 is 1.78 bits per heavy atom. The normalized spacial score (nSPS) is 27.6. The third-order valence-corrected chi connectivity index (χ3v) is 10.2. The van der Waals surface area contributed by atoms with Crippen LogP contribution in [-0.4, -0.2) is 101 Å². The molecule has 2 bridgehead atoms. The lowest BCUT2D eigenvalue weighted by Crippen LogP contribution is -2.57. The first-order chi connectivity index (χ1) is 23.7. The van der Waals surface area contributed by atoms with Gasteiger partial charge in [0.05, 0.1) is 24.2 Å². The van der Waals surface area contributed by atoms with E-state index in [4.69, 9.17) is 19.2 Å². The van der Waals surface area contributed by atoms with Crippen LogP contribution in [0.1, 0.15) is 77.7 Å². The summed E-state index contributed by atoms with van der Waals surface area (Å²) in [6.07, 6.45) is -0.576. The van der Waals surface area contributed by atoms with Gasteiger partial charge in [0.25, 0.3) is 0 Å². The van der Waals surface area contributed by atoms with Crippen molar-refractivity contribution >= 4 is 28.9 Å². The van der Waals surface area contributed by atoms with Crippen LogP contribution < -0.4 is 14.8 Å². The standard InChI is InChI=1S/C36H47F3N4O7/c1-35(2,3)30-32(44)43-19-23(18-27(43)33(45)46)49-31-25(11-6-4-5-9-21-17-28(21)50-34(47)41-30)29(24-10-7-8-12-26(24)40-31)48-22-13-15-42(16-14-22)20-36(37,38)39/h7-8,10,12,21-23,27-28,30H,4-6,9,11,13-20H2,1-3H3,(H,41,47)(H,45,46)/t21-,23-,27+,28-,30-/m1/s1. The van der Waals surface area contributed by atoms with Gasteiger partial charge >= 0.3 is 18.2 Å². The van der Waals surface area contributed by atoms with Crippen molar-refractivity contribution in [3.05, 3.63) is 29.8 Å². The molecule has 11 nitrogen and oxygen atoms in total. The van der Waals surface area contributed by atoms with Crippen molar-refractivity contribution in [3.63, 3.8) is 0 Å². The molecule has 2 saturated heterocycles. The molecule has 0 spiro atoms. The molecular weight excluding hydrogens is 657 g/mol. The van der Waals surface area contributed by atoms with Crippen LogP contribution in [0.15, 0.2) is 24.3 Å². The van der Waals surface area contributed by atoms with Gasteiger partial charge in [-0.2, -0.15) is 13.2 Å². The molecule has 4 aliphatic rings. The lowest BCUT2D eigenvalue weighted by Gasteiger charge is -2.34. The fraction of sp³-hybridized carbons (Fsp3) is 0.667. The maximum absolute atomic E-state index is 14.0. The van der Waals surface area contributed by atoms with Crippen LogP contribution in [0, 0.1) is 11.3 Å². The largest absolute Gasteiger partial charge is 0.489 e. The molecule has 1 aromatic carbocycles. The van der Waals surface area contributed by atoms with Crippen LogP contribution in [-0.2, 0) is 20.7 Å². The molecule has 3 fully saturated rings. The van der Waals surface area contributed by atoms with Crippen LogP contribution >= 0.6 is 0 Å². The number of aliphatic carboxylic acids is 1. The van der Waals surface area contributed by atoms with Gasteiger partial charge in [-0.05, 0) is 62.0 Å². The van der Waals surface area contributed by atoms with Crippen LogP contribution in [0.5, 0.6) is 11.6 Å². The van der Waals surface area contributed by atoms with Gasteiger partial charge < -0.3 is 29.5 Å². The predicted octanol–water partition coefficient (Wildman–Crippen LogP) is 5.72. The van der Waals surface area contributed by atoms with Gasteiger partial charge in [0.15, 0.2) is 0 Å². The first-order valence-corrected chi connectivity index (χ1v) is 17.7. The lowest BCUT2D eigenvalue weighted by molar-refractivity contribution is -0.150. The minimum Gasteiger partial charge on any atom is -0.489 e. The summed E-state index contributed by atoms with van der Waals surface area (Å²) in [6.45, 7) is 4.94. The van der Waals surface area contributed by atoms with E-state index in [1.54, 1.807) is 20.8 Å². The molecule has 6 rings (SSSR count). The first-order valence-electron chi connectivity index (χ1n) is 17.7. The molecule has 1 aromatic heterocycles. The number of likely N-dealkylation sites (tertiary alicyclic amines) is 1. The van der Waals surface area contributed by atoms with E-state index in [0.29, 0.717) is 36.4 Å². The van der Waals surface area contributed by atoms with Gasteiger partial charge in [-0.25, -0.2) is 14.6 Å². The number of rotatable bonds is 4.